The molecule has 2 aromatic carbocycles. The summed E-state index contributed by atoms with van der Waals surface area (Å²) in [4.78, 5) is 8.99. The third-order valence-electron chi connectivity index (χ3n) is 4.76. The maximum atomic E-state index is 4.56. The maximum Gasteiger partial charge on any atom is 0.0961 e. The van der Waals surface area contributed by atoms with Gasteiger partial charge in [0.2, 0.25) is 0 Å². The van der Waals surface area contributed by atoms with Gasteiger partial charge in [-0.3, -0.25) is 0 Å². The summed E-state index contributed by atoms with van der Waals surface area (Å²) in [6.45, 7) is 7.26. The molecule has 0 atom stereocenters. The van der Waals surface area contributed by atoms with Gasteiger partial charge in [-0.15, -0.1) is 0 Å². The first-order valence-corrected chi connectivity index (χ1v) is 7.85. The van der Waals surface area contributed by atoms with Crippen LogP contribution in [0, 0.1) is 20.8 Å². The van der Waals surface area contributed by atoms with Crippen molar-refractivity contribution in [2.24, 2.45) is 7.05 Å². The predicted molar refractivity (Wildman–Crippen MR) is 93.8 cm³/mol. The fourth-order valence-electron chi connectivity index (χ4n) is 3.11. The van der Waals surface area contributed by atoms with E-state index in [9.17, 15) is 0 Å². The lowest BCUT2D eigenvalue weighted by molar-refractivity contribution is 0.818. The van der Waals surface area contributed by atoms with Crippen LogP contribution in [-0.4, -0.2) is 19.1 Å². The minimum Gasteiger partial charge on any atom is -0.334 e. The Morgan fingerprint density at radius 2 is 1.43 bits per heavy atom. The van der Waals surface area contributed by atoms with Crippen molar-refractivity contribution in [3.8, 4) is 0 Å². The van der Waals surface area contributed by atoms with E-state index in [1.165, 1.54) is 33.3 Å². The van der Waals surface area contributed by atoms with Gasteiger partial charge < -0.3 is 9.13 Å². The van der Waals surface area contributed by atoms with E-state index in [0.29, 0.717) is 0 Å². The number of benzene rings is 2. The molecule has 23 heavy (non-hydrogen) atoms. The Morgan fingerprint density at radius 3 is 2.26 bits per heavy atom. The number of aryl methyl sites for hydroxylation is 4. The largest absolute Gasteiger partial charge is 0.334 e. The van der Waals surface area contributed by atoms with E-state index in [1.807, 2.05) is 19.7 Å². The van der Waals surface area contributed by atoms with Crippen LogP contribution < -0.4 is 0 Å². The second-order valence-corrected chi connectivity index (χ2v) is 6.42. The van der Waals surface area contributed by atoms with Gasteiger partial charge in [0.05, 0.1) is 34.7 Å². The third-order valence-corrected chi connectivity index (χ3v) is 4.76. The molecule has 0 radical (unpaired) electrons. The van der Waals surface area contributed by atoms with E-state index in [-0.39, 0.29) is 0 Å². The molecule has 4 heteroatoms. The molecular formula is C19H20N4. The van der Waals surface area contributed by atoms with Crippen LogP contribution in [0.3, 0.4) is 0 Å². The number of hydrogen-bond acceptors (Lipinski definition) is 2. The SMILES string of the molecule is Cc1cc2ncn(Cc3cc4c(cc3C)ncn4C)c2cc1C. The van der Waals surface area contributed by atoms with Gasteiger partial charge in [0.1, 0.15) is 0 Å². The molecule has 0 unspecified atom stereocenters. The quantitative estimate of drug-likeness (QED) is 0.563. The van der Waals surface area contributed by atoms with Crippen LogP contribution in [0.1, 0.15) is 22.3 Å². The van der Waals surface area contributed by atoms with E-state index in [2.05, 4.69) is 64.1 Å². The number of imidazole rings is 2. The molecule has 2 aromatic heterocycles. The van der Waals surface area contributed by atoms with Crippen LogP contribution in [0.15, 0.2) is 36.9 Å². The van der Waals surface area contributed by atoms with Gasteiger partial charge in [0.15, 0.2) is 0 Å². The molecule has 4 aromatic rings. The number of rotatable bonds is 2. The first kappa shape index (κ1) is 14.0. The first-order valence-electron chi connectivity index (χ1n) is 7.85. The summed E-state index contributed by atoms with van der Waals surface area (Å²) in [5.41, 5.74) is 9.64. The zero-order valence-corrected chi connectivity index (χ0v) is 14.0. The Balaban J connectivity index is 1.83. The lowest BCUT2D eigenvalue weighted by atomic mass is 10.1. The molecule has 4 rings (SSSR count). The van der Waals surface area contributed by atoms with Crippen LogP contribution in [0.25, 0.3) is 22.1 Å². The van der Waals surface area contributed by atoms with E-state index in [1.54, 1.807) is 0 Å². The van der Waals surface area contributed by atoms with Crippen molar-refractivity contribution < 1.29 is 0 Å². The summed E-state index contributed by atoms with van der Waals surface area (Å²) in [5, 5.41) is 0. The summed E-state index contributed by atoms with van der Waals surface area (Å²) in [6, 6.07) is 8.80. The molecule has 2 heterocycles. The number of fused-ring (bicyclic) bond motifs is 2. The van der Waals surface area contributed by atoms with Crippen LogP contribution >= 0.6 is 0 Å². The minimum atomic E-state index is 0.825. The monoisotopic (exact) mass is 304 g/mol. The lowest BCUT2D eigenvalue weighted by Crippen LogP contribution is -2.01. The van der Waals surface area contributed by atoms with Crippen molar-refractivity contribution in [3.05, 3.63) is 59.2 Å². The summed E-state index contributed by atoms with van der Waals surface area (Å²) >= 11 is 0. The molecule has 0 amide bonds. The maximum absolute atomic E-state index is 4.56. The first-order chi connectivity index (χ1) is 11.0. The van der Waals surface area contributed by atoms with Gasteiger partial charge >= 0.3 is 0 Å². The lowest BCUT2D eigenvalue weighted by Gasteiger charge is -2.10. The van der Waals surface area contributed by atoms with Gasteiger partial charge in [-0.25, -0.2) is 9.97 Å². The van der Waals surface area contributed by atoms with Crippen molar-refractivity contribution >= 4 is 22.1 Å². The second-order valence-electron chi connectivity index (χ2n) is 6.42. The smallest absolute Gasteiger partial charge is 0.0961 e. The molecule has 0 aliphatic rings. The molecule has 0 bridgehead atoms. The number of hydrogen-bond donors (Lipinski definition) is 0. The molecule has 0 fully saturated rings. The summed E-state index contributed by atoms with van der Waals surface area (Å²) in [7, 11) is 2.03. The van der Waals surface area contributed by atoms with Gasteiger partial charge in [0, 0.05) is 13.6 Å². The van der Waals surface area contributed by atoms with E-state index >= 15 is 0 Å². The van der Waals surface area contributed by atoms with Gasteiger partial charge in [-0.1, -0.05) is 0 Å². The standard InChI is InChI=1S/C19H20N4/c1-12-5-17-19(7-13(12)2)23(11-21-17)9-15-8-18-16(6-14(15)3)20-10-22(18)4/h5-8,10-11H,9H2,1-4H3. The van der Waals surface area contributed by atoms with Crippen molar-refractivity contribution in [2.45, 2.75) is 27.3 Å². The Labute approximate surface area is 135 Å². The van der Waals surface area contributed by atoms with Crippen LogP contribution in [0.5, 0.6) is 0 Å². The summed E-state index contributed by atoms with van der Waals surface area (Å²) in [6.07, 6.45) is 3.81. The number of nitrogens with zero attached hydrogens (tertiary/aromatic N) is 4. The normalized spacial score (nSPS) is 11.7. The van der Waals surface area contributed by atoms with Crippen molar-refractivity contribution in [1.29, 1.82) is 0 Å². The average molecular weight is 304 g/mol. The zero-order valence-electron chi connectivity index (χ0n) is 14.0. The molecule has 0 aliphatic carbocycles. The second kappa shape index (κ2) is 4.95. The van der Waals surface area contributed by atoms with E-state index in [0.717, 1.165) is 17.6 Å². The van der Waals surface area contributed by atoms with Crippen molar-refractivity contribution in [2.75, 3.05) is 0 Å². The Kier molecular flexibility index (Phi) is 3.01. The highest BCUT2D eigenvalue weighted by Gasteiger charge is 2.09. The van der Waals surface area contributed by atoms with E-state index < -0.39 is 0 Å². The summed E-state index contributed by atoms with van der Waals surface area (Å²) < 4.78 is 4.30. The van der Waals surface area contributed by atoms with Crippen molar-refractivity contribution in [1.82, 2.24) is 19.1 Å². The topological polar surface area (TPSA) is 35.6 Å². The number of aromatic nitrogens is 4. The molecule has 0 saturated carbocycles. The average Bonchev–Trinajstić information content (AvgIpc) is 3.05. The fraction of sp³-hybridized carbons (Fsp3) is 0.263. The Morgan fingerprint density at radius 1 is 0.783 bits per heavy atom. The molecule has 4 nitrogen and oxygen atoms in total. The van der Waals surface area contributed by atoms with Crippen LogP contribution in [0.2, 0.25) is 0 Å². The molecule has 0 saturated heterocycles. The zero-order chi connectivity index (χ0) is 16.1. The van der Waals surface area contributed by atoms with Crippen LogP contribution in [-0.2, 0) is 13.6 Å². The molecular weight excluding hydrogens is 284 g/mol. The van der Waals surface area contributed by atoms with Gasteiger partial charge in [-0.05, 0) is 67.3 Å². The fourth-order valence-corrected chi connectivity index (χ4v) is 3.11. The molecule has 0 aliphatic heterocycles. The molecule has 0 N–H and O–H groups in total. The molecule has 0 spiro atoms. The highest BCUT2D eigenvalue weighted by Crippen LogP contribution is 2.23. The minimum absolute atomic E-state index is 0.825. The van der Waals surface area contributed by atoms with Crippen molar-refractivity contribution in [3.63, 3.8) is 0 Å². The van der Waals surface area contributed by atoms with Crippen LogP contribution in [0.4, 0.5) is 0 Å². The summed E-state index contributed by atoms with van der Waals surface area (Å²) in [5.74, 6) is 0. The van der Waals surface area contributed by atoms with Gasteiger partial charge in [-0.2, -0.15) is 0 Å². The highest BCUT2D eigenvalue weighted by molar-refractivity contribution is 5.79. The predicted octanol–water partition coefficient (Wildman–Crippen LogP) is 3.90. The third kappa shape index (κ3) is 2.22. The molecule has 116 valence electrons. The Bertz CT molecular complexity index is 1040. The van der Waals surface area contributed by atoms with E-state index in [4.69, 9.17) is 0 Å². The van der Waals surface area contributed by atoms with Gasteiger partial charge in [0.25, 0.3) is 0 Å². The Hall–Kier alpha value is -2.62. The highest BCUT2D eigenvalue weighted by atomic mass is 15.0.